The Morgan fingerprint density at radius 1 is 1.40 bits per heavy atom. The van der Waals surface area contributed by atoms with Crippen LogP contribution in [0.5, 0.6) is 0 Å². The van der Waals surface area contributed by atoms with Crippen LogP contribution in [0.4, 0.5) is 0 Å². The maximum Gasteiger partial charge on any atom is 0.00640 e. The number of rotatable bonds is 6. The predicted molar refractivity (Wildman–Crippen MR) is 47.0 cm³/mol. The van der Waals surface area contributed by atoms with Gasteiger partial charge in [0.1, 0.15) is 0 Å². The third-order valence-corrected chi connectivity index (χ3v) is 1.87. The van der Waals surface area contributed by atoms with E-state index in [1.54, 1.807) is 0 Å². The van der Waals surface area contributed by atoms with Crippen molar-refractivity contribution >= 4 is 0 Å². The Hall–Kier alpha value is -0.0400. The molecule has 1 N–H and O–H groups in total. The molecule has 0 amide bonds. The van der Waals surface area contributed by atoms with Crippen LogP contribution in [-0.4, -0.2) is 13.1 Å². The minimum absolute atomic E-state index is 0.706. The van der Waals surface area contributed by atoms with Crippen LogP contribution in [0, 0.1) is 6.92 Å². The van der Waals surface area contributed by atoms with E-state index in [9.17, 15) is 0 Å². The lowest BCUT2D eigenvalue weighted by molar-refractivity contribution is 0.474. The van der Waals surface area contributed by atoms with E-state index in [0.29, 0.717) is 6.04 Å². The molecule has 1 atom stereocenters. The van der Waals surface area contributed by atoms with Crippen molar-refractivity contribution in [3.8, 4) is 0 Å². The molecule has 0 fully saturated rings. The summed E-state index contributed by atoms with van der Waals surface area (Å²) in [5.41, 5.74) is 0. The van der Waals surface area contributed by atoms with Gasteiger partial charge >= 0.3 is 0 Å². The maximum atomic E-state index is 3.84. The summed E-state index contributed by atoms with van der Waals surface area (Å²) in [5.74, 6) is 0. The van der Waals surface area contributed by atoms with Crippen LogP contribution in [0.2, 0.25) is 0 Å². The van der Waals surface area contributed by atoms with Crippen molar-refractivity contribution < 1.29 is 0 Å². The van der Waals surface area contributed by atoms with Crippen molar-refractivity contribution in [3.05, 3.63) is 6.92 Å². The Morgan fingerprint density at radius 2 is 2.10 bits per heavy atom. The highest BCUT2D eigenvalue weighted by molar-refractivity contribution is 4.64. The normalized spacial score (nSPS) is 13.5. The second kappa shape index (κ2) is 7.07. The van der Waals surface area contributed by atoms with Gasteiger partial charge in [0.25, 0.3) is 0 Å². The lowest BCUT2D eigenvalue weighted by Gasteiger charge is -2.13. The summed E-state index contributed by atoms with van der Waals surface area (Å²) in [6, 6.07) is 0.706. The van der Waals surface area contributed by atoms with E-state index >= 15 is 0 Å². The van der Waals surface area contributed by atoms with Crippen LogP contribution in [-0.2, 0) is 0 Å². The molecule has 1 radical (unpaired) electrons. The second-order valence-electron chi connectivity index (χ2n) is 2.77. The van der Waals surface area contributed by atoms with Gasteiger partial charge in [-0.15, -0.1) is 0 Å². The van der Waals surface area contributed by atoms with Crippen molar-refractivity contribution in [2.24, 2.45) is 0 Å². The molecule has 0 heterocycles. The summed E-state index contributed by atoms with van der Waals surface area (Å²) in [6.45, 7) is 6.07. The van der Waals surface area contributed by atoms with Crippen LogP contribution in [0.25, 0.3) is 0 Å². The molecule has 61 valence electrons. The van der Waals surface area contributed by atoms with E-state index in [4.69, 9.17) is 0 Å². The average Bonchev–Trinajstić information content (AvgIpc) is 1.98. The molecule has 0 bridgehead atoms. The van der Waals surface area contributed by atoms with Crippen LogP contribution < -0.4 is 5.32 Å². The number of nitrogens with one attached hydrogen (secondary N) is 1. The first kappa shape index (κ1) is 9.96. The SMILES string of the molecule is [CH2]CCC(CCCC)NC. The van der Waals surface area contributed by atoms with Gasteiger partial charge in [-0.05, 0) is 19.9 Å². The molecular formula is C9H20N. The molecule has 1 heteroatoms. The van der Waals surface area contributed by atoms with Gasteiger partial charge in [-0.2, -0.15) is 0 Å². The molecular weight excluding hydrogens is 122 g/mol. The Bertz CT molecular complexity index is 61.7. The lowest BCUT2D eigenvalue weighted by atomic mass is 10.1. The van der Waals surface area contributed by atoms with Gasteiger partial charge < -0.3 is 5.32 Å². The summed E-state index contributed by atoms with van der Waals surface area (Å²) in [5, 5.41) is 3.30. The molecule has 1 unspecified atom stereocenters. The van der Waals surface area contributed by atoms with Gasteiger partial charge in [0.2, 0.25) is 0 Å². The standard InChI is InChI=1S/C9H20N/c1-4-6-8-9(10-3)7-5-2/h9-10H,2,4-8H2,1,3H3. The zero-order chi connectivity index (χ0) is 7.82. The van der Waals surface area contributed by atoms with Crippen molar-refractivity contribution in [1.82, 2.24) is 5.32 Å². The topological polar surface area (TPSA) is 12.0 Å². The van der Waals surface area contributed by atoms with Crippen molar-refractivity contribution in [3.63, 3.8) is 0 Å². The Balaban J connectivity index is 3.21. The second-order valence-corrected chi connectivity index (χ2v) is 2.77. The third kappa shape index (κ3) is 4.80. The number of hydrogen-bond donors (Lipinski definition) is 1. The predicted octanol–water partition coefficient (Wildman–Crippen LogP) is 2.38. The van der Waals surface area contributed by atoms with Gasteiger partial charge in [-0.3, -0.25) is 0 Å². The summed E-state index contributed by atoms with van der Waals surface area (Å²) >= 11 is 0. The van der Waals surface area contributed by atoms with Crippen LogP contribution in [0.3, 0.4) is 0 Å². The fraction of sp³-hybridized carbons (Fsp3) is 0.889. The van der Waals surface area contributed by atoms with Gasteiger partial charge in [0, 0.05) is 6.04 Å². The number of unbranched alkanes of at least 4 members (excludes halogenated alkanes) is 1. The largest absolute Gasteiger partial charge is 0.317 e. The van der Waals surface area contributed by atoms with Crippen LogP contribution in [0.1, 0.15) is 39.0 Å². The number of hydrogen-bond acceptors (Lipinski definition) is 1. The molecule has 0 saturated carbocycles. The smallest absolute Gasteiger partial charge is 0.00640 e. The Morgan fingerprint density at radius 3 is 2.50 bits per heavy atom. The van der Waals surface area contributed by atoms with Crippen molar-refractivity contribution in [1.29, 1.82) is 0 Å². The lowest BCUT2D eigenvalue weighted by Crippen LogP contribution is -2.24. The molecule has 10 heavy (non-hydrogen) atoms. The zero-order valence-electron chi connectivity index (χ0n) is 7.32. The van der Waals surface area contributed by atoms with Crippen LogP contribution >= 0.6 is 0 Å². The fourth-order valence-corrected chi connectivity index (χ4v) is 1.13. The van der Waals surface area contributed by atoms with E-state index in [-0.39, 0.29) is 0 Å². The quantitative estimate of drug-likeness (QED) is 0.600. The summed E-state index contributed by atoms with van der Waals surface area (Å²) < 4.78 is 0. The highest BCUT2D eigenvalue weighted by Gasteiger charge is 2.01. The molecule has 0 aliphatic heterocycles. The molecule has 0 aliphatic carbocycles. The first-order valence-electron chi connectivity index (χ1n) is 4.31. The summed E-state index contributed by atoms with van der Waals surface area (Å²) in [4.78, 5) is 0. The molecule has 0 saturated heterocycles. The first-order valence-corrected chi connectivity index (χ1v) is 4.31. The fourth-order valence-electron chi connectivity index (χ4n) is 1.13. The zero-order valence-corrected chi connectivity index (χ0v) is 7.32. The van der Waals surface area contributed by atoms with E-state index in [2.05, 4.69) is 19.2 Å². The molecule has 0 aromatic heterocycles. The van der Waals surface area contributed by atoms with E-state index < -0.39 is 0 Å². The molecule has 0 aromatic carbocycles. The third-order valence-electron chi connectivity index (χ3n) is 1.87. The Labute approximate surface area is 65.2 Å². The van der Waals surface area contributed by atoms with Gasteiger partial charge in [-0.25, -0.2) is 0 Å². The van der Waals surface area contributed by atoms with E-state index in [1.807, 2.05) is 7.05 Å². The van der Waals surface area contributed by atoms with Gasteiger partial charge in [-0.1, -0.05) is 33.1 Å². The molecule has 1 nitrogen and oxygen atoms in total. The van der Waals surface area contributed by atoms with Gasteiger partial charge in [0.05, 0.1) is 0 Å². The highest BCUT2D eigenvalue weighted by Crippen LogP contribution is 2.05. The van der Waals surface area contributed by atoms with E-state index in [1.165, 1.54) is 25.7 Å². The summed E-state index contributed by atoms with van der Waals surface area (Å²) in [6.07, 6.45) is 6.22. The summed E-state index contributed by atoms with van der Waals surface area (Å²) in [7, 11) is 2.04. The molecule has 0 aliphatic rings. The average molecular weight is 142 g/mol. The van der Waals surface area contributed by atoms with Gasteiger partial charge in [0.15, 0.2) is 0 Å². The van der Waals surface area contributed by atoms with Crippen LogP contribution in [0.15, 0.2) is 0 Å². The Kier molecular flexibility index (Phi) is 7.04. The first-order chi connectivity index (χ1) is 4.85. The molecule has 0 spiro atoms. The van der Waals surface area contributed by atoms with Crippen molar-refractivity contribution in [2.75, 3.05) is 7.05 Å². The van der Waals surface area contributed by atoms with E-state index in [0.717, 1.165) is 6.42 Å². The minimum atomic E-state index is 0.706. The molecule has 0 aromatic rings. The monoisotopic (exact) mass is 142 g/mol. The highest BCUT2D eigenvalue weighted by atomic mass is 14.9. The minimum Gasteiger partial charge on any atom is -0.317 e. The molecule has 0 rings (SSSR count). The van der Waals surface area contributed by atoms with Crippen molar-refractivity contribution in [2.45, 2.75) is 45.1 Å². The maximum absolute atomic E-state index is 3.84.